The Morgan fingerprint density at radius 1 is 1.13 bits per heavy atom. The number of methoxy groups -OCH3 is 1. The number of hydrogen-bond acceptors (Lipinski definition) is 6. The Morgan fingerprint density at radius 3 is 2.51 bits per heavy atom. The number of fused-ring (bicyclic) bond motifs is 1. The molecule has 2 aliphatic rings. The highest BCUT2D eigenvalue weighted by molar-refractivity contribution is 7.07. The average molecular weight is 545 g/mol. The molecule has 3 aromatic rings. The molecule has 2 aromatic carbocycles. The number of amides is 1. The summed E-state index contributed by atoms with van der Waals surface area (Å²) in [5.74, 6) is 0.518. The molecular weight excluding hydrogens is 508 g/mol. The van der Waals surface area contributed by atoms with Gasteiger partial charge in [0.05, 0.1) is 22.9 Å². The molecule has 3 heterocycles. The fourth-order valence-corrected chi connectivity index (χ4v) is 6.64. The molecule has 0 N–H and O–H groups in total. The van der Waals surface area contributed by atoms with Crippen LogP contribution in [-0.2, 0) is 4.79 Å². The van der Waals surface area contributed by atoms with Crippen molar-refractivity contribution in [1.29, 1.82) is 0 Å². The number of rotatable bonds is 7. The van der Waals surface area contributed by atoms with Crippen molar-refractivity contribution in [3.63, 3.8) is 0 Å². The minimum Gasteiger partial charge on any atom is -0.496 e. The lowest BCUT2D eigenvalue weighted by Gasteiger charge is -2.29. The fraction of sp³-hybridized carbons (Fsp3) is 0.387. The zero-order valence-corrected chi connectivity index (χ0v) is 24.2. The van der Waals surface area contributed by atoms with Crippen molar-refractivity contribution >= 4 is 29.0 Å². The number of anilines is 1. The molecule has 1 saturated heterocycles. The minimum absolute atomic E-state index is 0.111. The number of hydrogen-bond donors (Lipinski definition) is 0. The summed E-state index contributed by atoms with van der Waals surface area (Å²) in [5, 5.41) is 0. The van der Waals surface area contributed by atoms with Gasteiger partial charge in [0.1, 0.15) is 11.8 Å². The topological polar surface area (TPSA) is 67.1 Å². The molecule has 0 unspecified atom stereocenters. The third-order valence-corrected chi connectivity index (χ3v) is 8.73. The van der Waals surface area contributed by atoms with Crippen LogP contribution in [0.4, 0.5) is 5.69 Å². The van der Waals surface area contributed by atoms with Crippen LogP contribution in [0.1, 0.15) is 56.3 Å². The molecule has 39 heavy (non-hydrogen) atoms. The molecule has 1 amide bonds. The number of thiazole rings is 1. The van der Waals surface area contributed by atoms with Gasteiger partial charge in [-0.25, -0.2) is 4.99 Å². The van der Waals surface area contributed by atoms with Gasteiger partial charge in [0.15, 0.2) is 4.80 Å². The number of benzene rings is 2. The third kappa shape index (κ3) is 4.93. The van der Waals surface area contributed by atoms with Crippen molar-refractivity contribution in [3.8, 4) is 5.75 Å². The van der Waals surface area contributed by atoms with E-state index in [0.717, 1.165) is 29.8 Å². The highest BCUT2D eigenvalue weighted by Gasteiger charge is 2.35. The monoisotopic (exact) mass is 544 g/mol. The molecular formula is C31H36N4O3S. The maximum atomic E-state index is 14.1. The molecule has 1 atom stereocenters. The Bertz CT molecular complexity index is 1610. The van der Waals surface area contributed by atoms with Crippen LogP contribution < -0.4 is 24.5 Å². The zero-order chi connectivity index (χ0) is 27.7. The molecule has 0 spiro atoms. The maximum absolute atomic E-state index is 14.1. The van der Waals surface area contributed by atoms with E-state index in [-0.39, 0.29) is 11.5 Å². The second kappa shape index (κ2) is 11.2. The largest absolute Gasteiger partial charge is 0.496 e. The van der Waals surface area contributed by atoms with E-state index in [1.54, 1.807) is 16.6 Å². The standard InChI is InChI=1S/C31H36N4O3S/c1-6-33(7-2)30(37)27-21(4)32-31-35(28(27)24-12-8-9-13-25(24)38-5)29(36)26(39-31)19-22-14-15-23(18-20(22)3)34-16-10-11-17-34/h8-9,12-15,18-19,28H,6-7,10-11,16-17H2,1-5H3/b26-19-/t28-/m0/s1. The first-order chi connectivity index (χ1) is 18.9. The Labute approximate surface area is 233 Å². The summed E-state index contributed by atoms with van der Waals surface area (Å²) in [4.78, 5) is 37.4. The first-order valence-corrected chi connectivity index (χ1v) is 14.5. The second-order valence-electron chi connectivity index (χ2n) is 10.0. The van der Waals surface area contributed by atoms with Crippen LogP contribution in [0, 0.1) is 6.92 Å². The van der Waals surface area contributed by atoms with Crippen molar-refractivity contribution in [2.24, 2.45) is 4.99 Å². The van der Waals surface area contributed by atoms with E-state index >= 15 is 0 Å². The van der Waals surface area contributed by atoms with Crippen LogP contribution in [0.15, 0.2) is 63.5 Å². The molecule has 204 valence electrons. The van der Waals surface area contributed by atoms with Crippen LogP contribution >= 0.6 is 11.3 Å². The van der Waals surface area contributed by atoms with Gasteiger partial charge in [0.25, 0.3) is 11.5 Å². The predicted octanol–water partition coefficient (Wildman–Crippen LogP) is 4.02. The van der Waals surface area contributed by atoms with Gasteiger partial charge >= 0.3 is 0 Å². The molecule has 8 heteroatoms. The number of ether oxygens (including phenoxy) is 1. The van der Waals surface area contributed by atoms with Crippen LogP contribution in [0.3, 0.4) is 0 Å². The molecule has 5 rings (SSSR count). The van der Waals surface area contributed by atoms with Gasteiger partial charge in [-0.3, -0.25) is 14.2 Å². The lowest BCUT2D eigenvalue weighted by Crippen LogP contribution is -2.43. The van der Waals surface area contributed by atoms with Crippen LogP contribution in [0.5, 0.6) is 5.75 Å². The van der Waals surface area contributed by atoms with Gasteiger partial charge in [-0.15, -0.1) is 0 Å². The lowest BCUT2D eigenvalue weighted by molar-refractivity contribution is -0.127. The number of nitrogens with zero attached hydrogens (tertiary/aromatic N) is 4. The van der Waals surface area contributed by atoms with Gasteiger partial charge in [-0.1, -0.05) is 35.6 Å². The van der Waals surface area contributed by atoms with Crippen molar-refractivity contribution in [2.75, 3.05) is 38.2 Å². The Morgan fingerprint density at radius 2 is 1.85 bits per heavy atom. The number of para-hydroxylation sites is 1. The Balaban J connectivity index is 1.67. The Hall–Kier alpha value is -3.65. The predicted molar refractivity (Wildman–Crippen MR) is 157 cm³/mol. The molecule has 7 nitrogen and oxygen atoms in total. The first-order valence-electron chi connectivity index (χ1n) is 13.7. The van der Waals surface area contributed by atoms with E-state index in [1.165, 1.54) is 29.9 Å². The van der Waals surface area contributed by atoms with Gasteiger partial charge in [-0.2, -0.15) is 0 Å². The summed E-state index contributed by atoms with van der Waals surface area (Å²) in [5.41, 5.74) is 5.11. The van der Waals surface area contributed by atoms with E-state index in [9.17, 15) is 9.59 Å². The lowest BCUT2D eigenvalue weighted by atomic mass is 9.94. The number of carbonyl (C=O) groups excluding carboxylic acids is 1. The number of aryl methyl sites for hydroxylation is 1. The van der Waals surface area contributed by atoms with Crippen molar-refractivity contribution in [1.82, 2.24) is 9.47 Å². The van der Waals surface area contributed by atoms with Crippen molar-refractivity contribution in [3.05, 3.63) is 90.1 Å². The molecule has 0 aliphatic carbocycles. The summed E-state index contributed by atoms with van der Waals surface area (Å²) in [6.07, 6.45) is 4.42. The van der Waals surface area contributed by atoms with E-state index in [1.807, 2.05) is 51.1 Å². The molecule has 1 fully saturated rings. The molecule has 0 radical (unpaired) electrons. The van der Waals surface area contributed by atoms with Crippen LogP contribution in [0.2, 0.25) is 0 Å². The summed E-state index contributed by atoms with van der Waals surface area (Å²) in [7, 11) is 1.61. The highest BCUT2D eigenvalue weighted by atomic mass is 32.1. The van der Waals surface area contributed by atoms with E-state index in [2.05, 4.69) is 30.0 Å². The van der Waals surface area contributed by atoms with Crippen LogP contribution in [-0.4, -0.2) is 48.7 Å². The molecule has 1 aromatic heterocycles. The van der Waals surface area contributed by atoms with Crippen molar-refractivity contribution in [2.45, 2.75) is 46.6 Å². The SMILES string of the molecule is CCN(CC)C(=O)C1=C(C)N=c2s/c(=C\c3ccc(N4CCCC4)cc3C)c(=O)n2[C@H]1c1ccccc1OC. The van der Waals surface area contributed by atoms with Gasteiger partial charge < -0.3 is 14.5 Å². The molecule has 0 saturated carbocycles. The van der Waals surface area contributed by atoms with Gasteiger partial charge in [0, 0.05) is 37.4 Å². The van der Waals surface area contributed by atoms with E-state index < -0.39 is 6.04 Å². The quantitative estimate of drug-likeness (QED) is 0.451. The highest BCUT2D eigenvalue weighted by Crippen LogP contribution is 2.36. The number of carbonyl (C=O) groups is 1. The minimum atomic E-state index is -0.633. The maximum Gasteiger partial charge on any atom is 0.271 e. The van der Waals surface area contributed by atoms with E-state index in [4.69, 9.17) is 9.73 Å². The zero-order valence-electron chi connectivity index (χ0n) is 23.4. The van der Waals surface area contributed by atoms with Crippen molar-refractivity contribution < 1.29 is 9.53 Å². The number of likely N-dealkylation sites (N-methyl/N-ethyl adjacent to an activating group) is 1. The normalized spacial score (nSPS) is 17.3. The number of allylic oxidation sites excluding steroid dienone is 1. The van der Waals surface area contributed by atoms with E-state index in [0.29, 0.717) is 39.4 Å². The van der Waals surface area contributed by atoms with Gasteiger partial charge in [0.2, 0.25) is 0 Å². The Kier molecular flexibility index (Phi) is 7.75. The molecule has 0 bridgehead atoms. The summed E-state index contributed by atoms with van der Waals surface area (Å²) in [6, 6.07) is 13.4. The average Bonchev–Trinajstić information content (AvgIpc) is 3.58. The summed E-state index contributed by atoms with van der Waals surface area (Å²) in [6.45, 7) is 11.2. The van der Waals surface area contributed by atoms with Gasteiger partial charge in [-0.05, 0) is 75.9 Å². The van der Waals surface area contributed by atoms with Crippen LogP contribution in [0.25, 0.3) is 6.08 Å². The summed E-state index contributed by atoms with van der Waals surface area (Å²) >= 11 is 1.36. The fourth-order valence-electron chi connectivity index (χ4n) is 5.60. The summed E-state index contributed by atoms with van der Waals surface area (Å²) < 4.78 is 7.96. The molecule has 2 aliphatic heterocycles. The smallest absolute Gasteiger partial charge is 0.271 e. The first kappa shape index (κ1) is 26.9. The third-order valence-electron chi connectivity index (χ3n) is 7.75. The second-order valence-corrected chi connectivity index (χ2v) is 11.0. The number of aromatic nitrogens is 1.